The SMILES string of the molecule is COc1cc2c(cc1Nc1ncc3ccc(-c4ccccc4N4CCOC4=O)cc3n1)CN(C)CC2. The van der Waals surface area contributed by atoms with Crippen molar-refractivity contribution in [1.29, 1.82) is 0 Å². The van der Waals surface area contributed by atoms with Crippen molar-refractivity contribution < 1.29 is 14.3 Å². The van der Waals surface area contributed by atoms with Gasteiger partial charge in [0.05, 0.1) is 30.5 Å². The van der Waals surface area contributed by atoms with Crippen LogP contribution in [0.2, 0.25) is 0 Å². The normalized spacial score (nSPS) is 15.6. The molecule has 1 fully saturated rings. The number of anilines is 3. The van der Waals surface area contributed by atoms with Crippen LogP contribution < -0.4 is 15.0 Å². The largest absolute Gasteiger partial charge is 0.495 e. The molecular weight excluding hydrogens is 454 g/mol. The summed E-state index contributed by atoms with van der Waals surface area (Å²) in [5.41, 5.74) is 7.01. The lowest BCUT2D eigenvalue weighted by molar-refractivity contribution is 0.181. The topological polar surface area (TPSA) is 79.8 Å². The van der Waals surface area contributed by atoms with Gasteiger partial charge < -0.3 is 19.7 Å². The van der Waals surface area contributed by atoms with Gasteiger partial charge in [-0.1, -0.05) is 30.3 Å². The molecule has 1 aromatic heterocycles. The van der Waals surface area contributed by atoms with Crippen LogP contribution in [0.1, 0.15) is 11.1 Å². The Morgan fingerprint density at radius 2 is 1.94 bits per heavy atom. The van der Waals surface area contributed by atoms with Crippen molar-refractivity contribution in [3.8, 4) is 16.9 Å². The van der Waals surface area contributed by atoms with Crippen LogP contribution in [-0.2, 0) is 17.7 Å². The highest BCUT2D eigenvalue weighted by Crippen LogP contribution is 2.35. The zero-order valence-corrected chi connectivity index (χ0v) is 20.3. The zero-order chi connectivity index (χ0) is 24.6. The maximum absolute atomic E-state index is 12.2. The maximum Gasteiger partial charge on any atom is 0.414 e. The first-order valence-electron chi connectivity index (χ1n) is 12.0. The van der Waals surface area contributed by atoms with Gasteiger partial charge in [-0.25, -0.2) is 14.8 Å². The molecule has 182 valence electrons. The summed E-state index contributed by atoms with van der Waals surface area (Å²) in [6.45, 7) is 2.88. The molecule has 8 heteroatoms. The lowest BCUT2D eigenvalue weighted by Gasteiger charge is -2.26. The number of hydrogen-bond donors (Lipinski definition) is 1. The fourth-order valence-corrected chi connectivity index (χ4v) is 4.93. The van der Waals surface area contributed by atoms with E-state index in [0.717, 1.165) is 58.7 Å². The van der Waals surface area contributed by atoms with Crippen molar-refractivity contribution in [3.05, 3.63) is 71.9 Å². The Morgan fingerprint density at radius 1 is 1.06 bits per heavy atom. The van der Waals surface area contributed by atoms with E-state index in [1.165, 1.54) is 11.1 Å². The fraction of sp³-hybridized carbons (Fsp3) is 0.250. The number of carbonyl (C=O) groups is 1. The van der Waals surface area contributed by atoms with Crippen LogP contribution in [-0.4, -0.2) is 54.8 Å². The van der Waals surface area contributed by atoms with Gasteiger partial charge in [-0.05, 0) is 54.4 Å². The molecule has 0 atom stereocenters. The predicted octanol–water partition coefficient (Wildman–Crippen LogP) is 4.99. The van der Waals surface area contributed by atoms with Crippen molar-refractivity contribution in [3.63, 3.8) is 0 Å². The lowest BCUT2D eigenvalue weighted by atomic mass is 9.99. The molecule has 1 saturated heterocycles. The number of methoxy groups -OCH3 is 1. The maximum atomic E-state index is 12.2. The molecule has 2 aliphatic heterocycles. The molecular formula is C28H27N5O3. The number of nitrogens with one attached hydrogen (secondary N) is 1. The Morgan fingerprint density at radius 3 is 2.78 bits per heavy atom. The van der Waals surface area contributed by atoms with E-state index in [1.54, 1.807) is 12.0 Å². The minimum atomic E-state index is -0.317. The summed E-state index contributed by atoms with van der Waals surface area (Å²) in [5, 5.41) is 4.30. The quantitative estimate of drug-likeness (QED) is 0.430. The third-order valence-corrected chi connectivity index (χ3v) is 6.82. The van der Waals surface area contributed by atoms with Crippen LogP contribution >= 0.6 is 0 Å². The predicted molar refractivity (Wildman–Crippen MR) is 140 cm³/mol. The molecule has 0 saturated carbocycles. The van der Waals surface area contributed by atoms with Crippen molar-refractivity contribution in [2.45, 2.75) is 13.0 Å². The number of likely N-dealkylation sites (N-methyl/N-ethyl adjacent to an activating group) is 1. The molecule has 36 heavy (non-hydrogen) atoms. The minimum Gasteiger partial charge on any atom is -0.495 e. The Kier molecular flexibility index (Phi) is 5.65. The summed E-state index contributed by atoms with van der Waals surface area (Å²) in [4.78, 5) is 25.5. The Hall–Kier alpha value is -4.17. The number of fused-ring (bicyclic) bond motifs is 2. The number of ether oxygens (including phenoxy) is 2. The molecule has 3 aromatic carbocycles. The fourth-order valence-electron chi connectivity index (χ4n) is 4.93. The first kappa shape index (κ1) is 22.3. The first-order chi connectivity index (χ1) is 17.6. The van der Waals surface area contributed by atoms with Gasteiger partial charge in [0.2, 0.25) is 5.95 Å². The van der Waals surface area contributed by atoms with Crippen LogP contribution in [0.3, 0.4) is 0 Å². The second-order valence-corrected chi connectivity index (χ2v) is 9.18. The lowest BCUT2D eigenvalue weighted by Crippen LogP contribution is -2.26. The Labute approximate surface area is 209 Å². The molecule has 0 bridgehead atoms. The number of amides is 1. The smallest absolute Gasteiger partial charge is 0.414 e. The highest BCUT2D eigenvalue weighted by atomic mass is 16.6. The summed E-state index contributed by atoms with van der Waals surface area (Å²) < 4.78 is 10.8. The van der Waals surface area contributed by atoms with Gasteiger partial charge in [0.15, 0.2) is 0 Å². The van der Waals surface area contributed by atoms with Gasteiger partial charge in [-0.3, -0.25) is 4.90 Å². The molecule has 2 aliphatic rings. The van der Waals surface area contributed by atoms with E-state index in [9.17, 15) is 4.79 Å². The average molecular weight is 482 g/mol. The summed E-state index contributed by atoms with van der Waals surface area (Å²) in [7, 11) is 3.82. The number of rotatable bonds is 5. The van der Waals surface area contributed by atoms with Crippen LogP contribution in [0.25, 0.3) is 22.0 Å². The summed E-state index contributed by atoms with van der Waals surface area (Å²) in [6.07, 6.45) is 2.51. The van der Waals surface area contributed by atoms with Crippen molar-refractivity contribution in [2.24, 2.45) is 0 Å². The van der Waals surface area contributed by atoms with E-state index >= 15 is 0 Å². The van der Waals surface area contributed by atoms with E-state index in [1.807, 2.05) is 48.7 Å². The molecule has 1 amide bonds. The van der Waals surface area contributed by atoms with Crippen molar-refractivity contribution >= 4 is 34.3 Å². The number of nitrogens with zero attached hydrogens (tertiary/aromatic N) is 4. The number of cyclic esters (lactones) is 1. The first-order valence-corrected chi connectivity index (χ1v) is 12.0. The highest BCUT2D eigenvalue weighted by molar-refractivity contribution is 5.96. The van der Waals surface area contributed by atoms with Gasteiger partial charge in [0.1, 0.15) is 12.4 Å². The third-order valence-electron chi connectivity index (χ3n) is 6.82. The van der Waals surface area contributed by atoms with Gasteiger partial charge in [0, 0.05) is 30.2 Å². The Balaban J connectivity index is 1.35. The van der Waals surface area contributed by atoms with E-state index in [2.05, 4.69) is 34.4 Å². The number of para-hydroxylation sites is 1. The van der Waals surface area contributed by atoms with Crippen LogP contribution in [0.15, 0.2) is 60.8 Å². The summed E-state index contributed by atoms with van der Waals surface area (Å²) in [6, 6.07) is 18.2. The molecule has 0 unspecified atom stereocenters. The molecule has 1 N–H and O–H groups in total. The van der Waals surface area contributed by atoms with Crippen molar-refractivity contribution in [2.75, 3.05) is 44.1 Å². The third kappa shape index (κ3) is 4.09. The molecule has 6 rings (SSSR count). The second-order valence-electron chi connectivity index (χ2n) is 9.18. The second kappa shape index (κ2) is 9.13. The van der Waals surface area contributed by atoms with E-state index in [0.29, 0.717) is 19.1 Å². The monoisotopic (exact) mass is 481 g/mol. The highest BCUT2D eigenvalue weighted by Gasteiger charge is 2.26. The summed E-state index contributed by atoms with van der Waals surface area (Å²) >= 11 is 0. The van der Waals surface area contributed by atoms with E-state index < -0.39 is 0 Å². The molecule has 0 spiro atoms. The van der Waals surface area contributed by atoms with E-state index in [-0.39, 0.29) is 6.09 Å². The van der Waals surface area contributed by atoms with Crippen LogP contribution in [0.5, 0.6) is 5.75 Å². The number of benzene rings is 3. The van der Waals surface area contributed by atoms with E-state index in [4.69, 9.17) is 14.5 Å². The minimum absolute atomic E-state index is 0.317. The zero-order valence-electron chi connectivity index (χ0n) is 20.3. The van der Waals surface area contributed by atoms with Crippen LogP contribution in [0.4, 0.5) is 22.1 Å². The number of hydrogen-bond acceptors (Lipinski definition) is 7. The van der Waals surface area contributed by atoms with Gasteiger partial charge in [-0.15, -0.1) is 0 Å². The standard InChI is InChI=1S/C28H27N5O3/c1-32-10-9-18-15-26(35-2)24(14-21(18)17-32)31-27-29-16-20-8-7-19(13-23(20)30-27)22-5-3-4-6-25(22)33-11-12-36-28(33)34/h3-8,13-16H,9-12,17H2,1-2H3,(H,29,30,31). The molecule has 0 radical (unpaired) electrons. The number of carbonyl (C=O) groups excluding carboxylic acids is 1. The molecule has 4 aromatic rings. The van der Waals surface area contributed by atoms with Gasteiger partial charge >= 0.3 is 6.09 Å². The average Bonchev–Trinajstić information content (AvgIpc) is 3.33. The molecule has 8 nitrogen and oxygen atoms in total. The van der Waals surface area contributed by atoms with Crippen LogP contribution in [0, 0.1) is 0 Å². The molecule has 0 aliphatic carbocycles. The molecule has 3 heterocycles. The van der Waals surface area contributed by atoms with Crippen molar-refractivity contribution in [1.82, 2.24) is 14.9 Å². The summed E-state index contributed by atoms with van der Waals surface area (Å²) in [5.74, 6) is 1.28. The number of aromatic nitrogens is 2. The van der Waals surface area contributed by atoms with Gasteiger partial charge in [0.25, 0.3) is 0 Å². The Bertz CT molecular complexity index is 1470. The van der Waals surface area contributed by atoms with Gasteiger partial charge in [-0.2, -0.15) is 0 Å².